The van der Waals surface area contributed by atoms with Crippen molar-refractivity contribution in [2.45, 2.75) is 33.1 Å². The molecule has 0 saturated carbocycles. The van der Waals surface area contributed by atoms with Gasteiger partial charge in [-0.1, -0.05) is 62.7 Å². The summed E-state index contributed by atoms with van der Waals surface area (Å²) in [7, 11) is 0. The number of hydrazone groups is 1. The molecule has 4 heteroatoms. The summed E-state index contributed by atoms with van der Waals surface area (Å²) in [6.45, 7) is 8.42. The number of aryl methyl sites for hydroxylation is 1. The van der Waals surface area contributed by atoms with Gasteiger partial charge in [0.05, 0.1) is 6.21 Å². The Labute approximate surface area is 143 Å². The van der Waals surface area contributed by atoms with Crippen LogP contribution in [0.5, 0.6) is 5.75 Å². The van der Waals surface area contributed by atoms with Gasteiger partial charge < -0.3 is 4.74 Å². The normalized spacial score (nSPS) is 11.5. The maximum atomic E-state index is 11.7. The SMILES string of the molecule is Cc1ccc(/C=N/NC(=O)COc2ccc(C(C)(C)C)cc2)cc1. The Hall–Kier alpha value is -2.62. The van der Waals surface area contributed by atoms with Crippen molar-refractivity contribution in [1.82, 2.24) is 5.43 Å². The zero-order valence-corrected chi connectivity index (χ0v) is 14.7. The number of nitrogens with zero attached hydrogens (tertiary/aromatic N) is 1. The van der Waals surface area contributed by atoms with E-state index in [0.29, 0.717) is 5.75 Å². The van der Waals surface area contributed by atoms with Gasteiger partial charge in [0.2, 0.25) is 0 Å². The van der Waals surface area contributed by atoms with Gasteiger partial charge in [-0.3, -0.25) is 4.79 Å². The lowest BCUT2D eigenvalue weighted by atomic mass is 9.87. The van der Waals surface area contributed by atoms with Crippen molar-refractivity contribution in [3.8, 4) is 5.75 Å². The average molecular weight is 324 g/mol. The summed E-state index contributed by atoms with van der Waals surface area (Å²) in [4.78, 5) is 11.7. The number of benzene rings is 2. The number of nitrogens with one attached hydrogen (secondary N) is 1. The lowest BCUT2D eigenvalue weighted by molar-refractivity contribution is -0.123. The Balaban J connectivity index is 1.79. The first kappa shape index (κ1) is 17.7. The van der Waals surface area contributed by atoms with Crippen molar-refractivity contribution in [1.29, 1.82) is 0 Å². The van der Waals surface area contributed by atoms with E-state index < -0.39 is 0 Å². The number of hydrogen-bond donors (Lipinski definition) is 1. The third kappa shape index (κ3) is 5.54. The van der Waals surface area contributed by atoms with Crippen LogP contribution in [0.15, 0.2) is 53.6 Å². The number of carbonyl (C=O) groups excluding carboxylic acids is 1. The van der Waals surface area contributed by atoms with Gasteiger partial charge in [0.25, 0.3) is 5.91 Å². The van der Waals surface area contributed by atoms with Crippen LogP contribution in [0.4, 0.5) is 0 Å². The smallest absolute Gasteiger partial charge is 0.277 e. The minimum absolute atomic E-state index is 0.0693. The van der Waals surface area contributed by atoms with Crippen molar-refractivity contribution >= 4 is 12.1 Å². The molecule has 0 heterocycles. The lowest BCUT2D eigenvalue weighted by Crippen LogP contribution is -2.24. The second-order valence-corrected chi connectivity index (χ2v) is 6.77. The van der Waals surface area contributed by atoms with E-state index in [9.17, 15) is 4.79 Å². The van der Waals surface area contributed by atoms with Crippen LogP contribution in [0, 0.1) is 6.92 Å². The summed E-state index contributed by atoms with van der Waals surface area (Å²) in [6.07, 6.45) is 1.61. The van der Waals surface area contributed by atoms with Gasteiger partial charge in [-0.05, 0) is 35.6 Å². The minimum Gasteiger partial charge on any atom is -0.484 e. The second-order valence-electron chi connectivity index (χ2n) is 6.77. The van der Waals surface area contributed by atoms with Gasteiger partial charge in [0.1, 0.15) is 5.75 Å². The molecule has 1 N–H and O–H groups in total. The third-order valence-electron chi connectivity index (χ3n) is 3.57. The van der Waals surface area contributed by atoms with Crippen LogP contribution < -0.4 is 10.2 Å². The van der Waals surface area contributed by atoms with E-state index in [1.807, 2.05) is 55.5 Å². The molecule has 24 heavy (non-hydrogen) atoms. The van der Waals surface area contributed by atoms with E-state index in [-0.39, 0.29) is 17.9 Å². The Bertz CT molecular complexity index is 696. The average Bonchev–Trinajstić information content (AvgIpc) is 2.54. The first-order valence-corrected chi connectivity index (χ1v) is 7.96. The van der Waals surface area contributed by atoms with Gasteiger partial charge in [-0.15, -0.1) is 0 Å². The predicted octanol–water partition coefficient (Wildman–Crippen LogP) is 3.82. The summed E-state index contributed by atoms with van der Waals surface area (Å²) in [5, 5.41) is 3.93. The monoisotopic (exact) mass is 324 g/mol. The highest BCUT2D eigenvalue weighted by Crippen LogP contribution is 2.24. The Kier molecular flexibility index (Phi) is 5.74. The molecule has 1 amide bonds. The molecular weight excluding hydrogens is 300 g/mol. The van der Waals surface area contributed by atoms with Gasteiger partial charge in [-0.25, -0.2) is 5.43 Å². The van der Waals surface area contributed by atoms with Gasteiger partial charge >= 0.3 is 0 Å². The van der Waals surface area contributed by atoms with Crippen molar-refractivity contribution in [3.63, 3.8) is 0 Å². The fraction of sp³-hybridized carbons (Fsp3) is 0.300. The Morgan fingerprint density at radius 3 is 2.29 bits per heavy atom. The molecule has 0 aromatic heterocycles. The second kappa shape index (κ2) is 7.77. The van der Waals surface area contributed by atoms with Gasteiger partial charge in [0.15, 0.2) is 6.61 Å². The molecule has 0 atom stereocenters. The largest absolute Gasteiger partial charge is 0.484 e. The summed E-state index contributed by atoms with van der Waals surface area (Å²) in [6, 6.07) is 15.7. The van der Waals surface area contributed by atoms with Crippen molar-refractivity contribution < 1.29 is 9.53 Å². The molecule has 0 saturated heterocycles. The quantitative estimate of drug-likeness (QED) is 0.671. The lowest BCUT2D eigenvalue weighted by Gasteiger charge is -2.19. The molecule has 4 nitrogen and oxygen atoms in total. The molecule has 0 aliphatic heterocycles. The Morgan fingerprint density at radius 1 is 1.08 bits per heavy atom. The summed E-state index contributed by atoms with van der Waals surface area (Å²) in [5.41, 5.74) is 5.89. The molecule has 0 spiro atoms. The fourth-order valence-corrected chi connectivity index (χ4v) is 2.06. The van der Waals surface area contributed by atoms with E-state index in [2.05, 4.69) is 31.3 Å². The summed E-state index contributed by atoms with van der Waals surface area (Å²) in [5.74, 6) is 0.374. The molecule has 0 radical (unpaired) electrons. The highest BCUT2D eigenvalue weighted by Gasteiger charge is 2.13. The first-order valence-electron chi connectivity index (χ1n) is 7.96. The number of amides is 1. The van der Waals surface area contributed by atoms with E-state index in [1.165, 1.54) is 11.1 Å². The highest BCUT2D eigenvalue weighted by molar-refractivity contribution is 5.82. The highest BCUT2D eigenvalue weighted by atomic mass is 16.5. The van der Waals surface area contributed by atoms with E-state index in [1.54, 1.807) is 6.21 Å². The number of ether oxygens (including phenoxy) is 1. The molecule has 126 valence electrons. The zero-order valence-electron chi connectivity index (χ0n) is 14.7. The number of rotatable bonds is 5. The van der Waals surface area contributed by atoms with Crippen LogP contribution in [0.2, 0.25) is 0 Å². The molecule has 0 aliphatic carbocycles. The van der Waals surface area contributed by atoms with Crippen molar-refractivity contribution in [2.75, 3.05) is 6.61 Å². The van der Waals surface area contributed by atoms with Gasteiger partial charge in [0, 0.05) is 0 Å². The van der Waals surface area contributed by atoms with Gasteiger partial charge in [-0.2, -0.15) is 5.10 Å². The Morgan fingerprint density at radius 2 is 1.71 bits per heavy atom. The molecule has 0 unspecified atom stereocenters. The third-order valence-corrected chi connectivity index (χ3v) is 3.57. The fourth-order valence-electron chi connectivity index (χ4n) is 2.06. The first-order chi connectivity index (χ1) is 11.3. The predicted molar refractivity (Wildman–Crippen MR) is 97.6 cm³/mol. The maximum Gasteiger partial charge on any atom is 0.277 e. The zero-order chi connectivity index (χ0) is 17.6. The van der Waals surface area contributed by atoms with Crippen LogP contribution in [-0.2, 0) is 10.2 Å². The van der Waals surface area contributed by atoms with Crippen LogP contribution in [0.1, 0.15) is 37.5 Å². The van der Waals surface area contributed by atoms with E-state index in [4.69, 9.17) is 4.74 Å². The molecule has 0 fully saturated rings. The van der Waals surface area contributed by atoms with E-state index >= 15 is 0 Å². The summed E-state index contributed by atoms with van der Waals surface area (Å²) >= 11 is 0. The minimum atomic E-state index is -0.293. The van der Waals surface area contributed by atoms with Crippen molar-refractivity contribution in [3.05, 3.63) is 65.2 Å². The van der Waals surface area contributed by atoms with Crippen LogP contribution in [-0.4, -0.2) is 18.7 Å². The topological polar surface area (TPSA) is 50.7 Å². The maximum absolute atomic E-state index is 11.7. The van der Waals surface area contributed by atoms with E-state index in [0.717, 1.165) is 5.56 Å². The van der Waals surface area contributed by atoms with Crippen molar-refractivity contribution in [2.24, 2.45) is 5.10 Å². The molecule has 2 aromatic carbocycles. The van der Waals surface area contributed by atoms with Crippen LogP contribution in [0.3, 0.4) is 0 Å². The number of carbonyl (C=O) groups is 1. The molecular formula is C20H24N2O2. The molecule has 2 rings (SSSR count). The number of hydrogen-bond acceptors (Lipinski definition) is 3. The van der Waals surface area contributed by atoms with Crippen LogP contribution >= 0.6 is 0 Å². The molecule has 2 aromatic rings. The summed E-state index contributed by atoms with van der Waals surface area (Å²) < 4.78 is 5.47. The standard InChI is InChI=1S/C20H24N2O2/c1-15-5-7-16(8-6-15)13-21-22-19(23)14-24-18-11-9-17(10-12-18)20(2,3)4/h5-13H,14H2,1-4H3,(H,22,23)/b21-13+. The van der Waals surface area contributed by atoms with Crippen LogP contribution in [0.25, 0.3) is 0 Å². The molecule has 0 aliphatic rings. The molecule has 0 bridgehead atoms.